The number of aromatic nitrogens is 3. The van der Waals surface area contributed by atoms with Crippen LogP contribution in [0.2, 0.25) is 0 Å². The lowest BCUT2D eigenvalue weighted by molar-refractivity contribution is 0.498. The zero-order chi connectivity index (χ0) is 22.3. The molecule has 0 atom stereocenters. The summed E-state index contributed by atoms with van der Waals surface area (Å²) in [6.07, 6.45) is 1.47. The highest BCUT2D eigenvalue weighted by Gasteiger charge is 2.21. The van der Waals surface area contributed by atoms with E-state index in [9.17, 15) is 13.7 Å². The van der Waals surface area contributed by atoms with Gasteiger partial charge in [0.05, 0.1) is 34.4 Å². The molecule has 3 aromatic heterocycles. The van der Waals surface area contributed by atoms with Gasteiger partial charge < -0.3 is 10.2 Å². The average molecular weight is 444 g/mol. The van der Waals surface area contributed by atoms with Crippen LogP contribution in [0.15, 0.2) is 76.2 Å². The van der Waals surface area contributed by atoms with E-state index in [1.165, 1.54) is 18.4 Å². The Morgan fingerprint density at radius 2 is 1.84 bits per heavy atom. The van der Waals surface area contributed by atoms with Crippen LogP contribution < -0.4 is 10.5 Å². The Morgan fingerprint density at radius 1 is 1.06 bits per heavy atom. The van der Waals surface area contributed by atoms with Crippen molar-refractivity contribution in [2.24, 2.45) is 0 Å². The molecule has 0 amide bonds. The van der Waals surface area contributed by atoms with Gasteiger partial charge in [0.25, 0.3) is 0 Å². The summed E-state index contributed by atoms with van der Waals surface area (Å²) in [6.45, 7) is 0.0181. The lowest BCUT2D eigenvalue weighted by Crippen LogP contribution is -2.23. The molecule has 0 saturated heterocycles. The highest BCUT2D eigenvalue weighted by Crippen LogP contribution is 2.31. The first kappa shape index (κ1) is 19.7. The zero-order valence-electron chi connectivity index (χ0n) is 16.6. The molecular formula is C22H16N6O3S. The molecule has 158 valence electrons. The number of nitriles is 1. The number of nitrogens with one attached hydrogen (secondary N) is 1. The third-order valence-corrected chi connectivity index (χ3v) is 6.41. The maximum atomic E-state index is 12.8. The lowest BCUT2D eigenvalue weighted by atomic mass is 10.2. The van der Waals surface area contributed by atoms with E-state index < -0.39 is 10.0 Å². The van der Waals surface area contributed by atoms with Gasteiger partial charge in [-0.15, -0.1) is 0 Å². The van der Waals surface area contributed by atoms with Gasteiger partial charge in [0.2, 0.25) is 10.0 Å². The molecule has 3 heterocycles. The van der Waals surface area contributed by atoms with Gasteiger partial charge in [-0.1, -0.05) is 18.2 Å². The molecule has 0 aliphatic heterocycles. The number of benzene rings is 2. The molecule has 2 aromatic carbocycles. The van der Waals surface area contributed by atoms with Crippen molar-refractivity contribution in [2.45, 2.75) is 11.4 Å². The van der Waals surface area contributed by atoms with Crippen LogP contribution in [-0.4, -0.2) is 23.0 Å². The van der Waals surface area contributed by atoms with Crippen molar-refractivity contribution in [3.05, 3.63) is 78.3 Å². The molecule has 0 saturated carbocycles. The Morgan fingerprint density at radius 3 is 2.56 bits per heavy atom. The van der Waals surface area contributed by atoms with Crippen molar-refractivity contribution in [2.75, 3.05) is 5.73 Å². The Kier molecular flexibility index (Phi) is 4.62. The number of hydrogen-bond donors (Lipinski definition) is 2. The van der Waals surface area contributed by atoms with Crippen molar-refractivity contribution in [3.8, 4) is 11.8 Å². The smallest absolute Gasteiger partial charge is 0.241 e. The molecule has 0 fully saturated rings. The van der Waals surface area contributed by atoms with E-state index in [0.29, 0.717) is 33.6 Å². The van der Waals surface area contributed by atoms with E-state index in [2.05, 4.69) is 20.8 Å². The Bertz CT molecular complexity index is 1620. The quantitative estimate of drug-likeness (QED) is 0.424. The Hall–Kier alpha value is -4.20. The minimum atomic E-state index is -3.83. The summed E-state index contributed by atoms with van der Waals surface area (Å²) in [5.74, 6) is 0.627. The van der Waals surface area contributed by atoms with Crippen LogP contribution in [0.3, 0.4) is 0 Å². The van der Waals surface area contributed by atoms with E-state index in [1.54, 1.807) is 41.0 Å². The molecule has 0 bridgehead atoms. The summed E-state index contributed by atoms with van der Waals surface area (Å²) in [6, 6.07) is 19.0. The summed E-state index contributed by atoms with van der Waals surface area (Å²) in [5, 5.41) is 9.67. The van der Waals surface area contributed by atoms with Crippen molar-refractivity contribution < 1.29 is 12.8 Å². The molecule has 32 heavy (non-hydrogen) atoms. The number of nitrogens with zero attached hydrogens (tertiary/aromatic N) is 4. The van der Waals surface area contributed by atoms with Crippen LogP contribution in [0.25, 0.3) is 27.9 Å². The zero-order valence-corrected chi connectivity index (χ0v) is 17.4. The minimum absolute atomic E-state index is 0.0181. The number of nitrogen functional groups attached to an aromatic ring is 1. The molecule has 0 aliphatic rings. The third-order valence-electron chi connectivity index (χ3n) is 5.01. The summed E-state index contributed by atoms with van der Waals surface area (Å²) in [5.41, 5.74) is 8.90. The maximum absolute atomic E-state index is 12.8. The lowest BCUT2D eigenvalue weighted by Gasteiger charge is -2.11. The first-order chi connectivity index (χ1) is 15.5. The number of fused-ring (bicyclic) bond motifs is 2. The fourth-order valence-corrected chi connectivity index (χ4v) is 4.52. The molecule has 5 rings (SSSR count). The summed E-state index contributed by atoms with van der Waals surface area (Å²) < 4.78 is 34.9. The summed E-state index contributed by atoms with van der Waals surface area (Å²) in [4.78, 5) is 9.23. The second kappa shape index (κ2) is 7.49. The second-order valence-electron chi connectivity index (χ2n) is 6.99. The predicted octanol–water partition coefficient (Wildman–Crippen LogP) is 3.10. The van der Waals surface area contributed by atoms with Crippen molar-refractivity contribution in [1.82, 2.24) is 19.3 Å². The van der Waals surface area contributed by atoms with E-state index >= 15 is 0 Å². The van der Waals surface area contributed by atoms with Crippen LogP contribution >= 0.6 is 0 Å². The monoisotopic (exact) mass is 444 g/mol. The van der Waals surface area contributed by atoms with E-state index in [-0.39, 0.29) is 22.8 Å². The van der Waals surface area contributed by atoms with E-state index in [4.69, 9.17) is 10.2 Å². The van der Waals surface area contributed by atoms with Crippen LogP contribution in [0, 0.1) is 11.3 Å². The molecule has 0 unspecified atom stereocenters. The molecule has 0 aliphatic carbocycles. The number of anilines is 1. The molecule has 3 N–H and O–H groups in total. The first-order valence-electron chi connectivity index (χ1n) is 9.57. The summed E-state index contributed by atoms with van der Waals surface area (Å²) >= 11 is 0. The van der Waals surface area contributed by atoms with Crippen LogP contribution in [-0.2, 0) is 16.6 Å². The maximum Gasteiger partial charge on any atom is 0.241 e. The van der Waals surface area contributed by atoms with Gasteiger partial charge in [-0.2, -0.15) is 5.26 Å². The van der Waals surface area contributed by atoms with Gasteiger partial charge in [0, 0.05) is 0 Å². The number of para-hydroxylation sites is 2. The topological polar surface area (TPSA) is 140 Å². The number of furan rings is 1. The third kappa shape index (κ3) is 3.26. The van der Waals surface area contributed by atoms with Gasteiger partial charge >= 0.3 is 0 Å². The highest BCUT2D eigenvalue weighted by atomic mass is 32.2. The molecule has 10 heteroatoms. The normalized spacial score (nSPS) is 11.7. The number of sulfonamides is 1. The van der Waals surface area contributed by atoms with Crippen molar-refractivity contribution >= 4 is 38.0 Å². The largest absolute Gasteiger partial charge is 0.468 e. The Balaban J connectivity index is 1.64. The van der Waals surface area contributed by atoms with Crippen LogP contribution in [0.1, 0.15) is 11.3 Å². The SMILES string of the molecule is N#Cc1c(N)n(-c2cccc(S(=O)(=O)NCc3ccco3)c2)c2nc3ccccc3nc12. The first-order valence-corrected chi connectivity index (χ1v) is 11.1. The van der Waals surface area contributed by atoms with Gasteiger partial charge in [0.15, 0.2) is 5.65 Å². The van der Waals surface area contributed by atoms with E-state index in [0.717, 1.165) is 0 Å². The fraction of sp³-hybridized carbons (Fsp3) is 0.0455. The van der Waals surface area contributed by atoms with Crippen LogP contribution in [0.4, 0.5) is 5.82 Å². The minimum Gasteiger partial charge on any atom is -0.468 e. The second-order valence-corrected chi connectivity index (χ2v) is 8.76. The fourth-order valence-electron chi connectivity index (χ4n) is 3.49. The van der Waals surface area contributed by atoms with Gasteiger partial charge in [-0.3, -0.25) is 4.57 Å². The van der Waals surface area contributed by atoms with Crippen LogP contribution in [0.5, 0.6) is 0 Å². The molecule has 9 nitrogen and oxygen atoms in total. The van der Waals surface area contributed by atoms with E-state index in [1.807, 2.05) is 12.1 Å². The highest BCUT2D eigenvalue weighted by molar-refractivity contribution is 7.89. The van der Waals surface area contributed by atoms with Gasteiger partial charge in [-0.05, 0) is 42.5 Å². The molecule has 5 aromatic rings. The average Bonchev–Trinajstić information content (AvgIpc) is 3.41. The summed E-state index contributed by atoms with van der Waals surface area (Å²) in [7, 11) is -3.83. The number of nitrogens with two attached hydrogens (primary N) is 1. The van der Waals surface area contributed by atoms with Crippen molar-refractivity contribution in [1.29, 1.82) is 5.26 Å². The van der Waals surface area contributed by atoms with Crippen molar-refractivity contribution in [3.63, 3.8) is 0 Å². The van der Waals surface area contributed by atoms with Gasteiger partial charge in [-0.25, -0.2) is 23.1 Å². The van der Waals surface area contributed by atoms with Gasteiger partial charge in [0.1, 0.15) is 28.7 Å². The molecular weight excluding hydrogens is 428 g/mol. The number of rotatable bonds is 5. The number of hydrogen-bond acceptors (Lipinski definition) is 7. The molecule has 0 spiro atoms. The standard InChI is InChI=1S/C22H16N6O3S/c23-12-17-20-22(27-19-9-2-1-8-18(19)26-20)28(21(17)24)14-5-3-7-16(11-14)32(29,30)25-13-15-6-4-10-31-15/h1-11,25H,13,24H2. The molecule has 0 radical (unpaired) electrons. The Labute approximate surface area is 182 Å². The predicted molar refractivity (Wildman–Crippen MR) is 118 cm³/mol.